The molecule has 9 heteroatoms. The van der Waals surface area contributed by atoms with Crippen molar-refractivity contribution < 1.29 is 23.7 Å². The van der Waals surface area contributed by atoms with Crippen LogP contribution in [0.3, 0.4) is 0 Å². The number of nitrogens with two attached hydrogens (primary N) is 1. The Balaban J connectivity index is 1.57. The van der Waals surface area contributed by atoms with Gasteiger partial charge in [0.2, 0.25) is 11.5 Å². The van der Waals surface area contributed by atoms with Crippen molar-refractivity contribution in [3.63, 3.8) is 0 Å². The summed E-state index contributed by atoms with van der Waals surface area (Å²) in [6.45, 7) is 3.63. The largest absolute Gasteiger partial charge is 0.456 e. The van der Waals surface area contributed by atoms with Crippen LogP contribution in [0.15, 0.2) is 39.7 Å². The molecule has 5 rings (SSSR count). The molecular formula is C20H21N3O6. The second-order valence-electron chi connectivity index (χ2n) is 7.66. The lowest BCUT2D eigenvalue weighted by Gasteiger charge is -2.27. The molecule has 1 unspecified atom stereocenters. The first-order chi connectivity index (χ1) is 13.9. The van der Waals surface area contributed by atoms with E-state index in [1.807, 2.05) is 38.1 Å². The molecule has 2 fully saturated rings. The number of nitrogens with zero attached hydrogens (tertiary/aromatic N) is 1. The summed E-state index contributed by atoms with van der Waals surface area (Å²) in [6.07, 6.45) is -0.986. The summed E-state index contributed by atoms with van der Waals surface area (Å²) in [5.74, 6) is -0.0234. The van der Waals surface area contributed by atoms with Crippen molar-refractivity contribution in [2.45, 2.75) is 44.1 Å². The number of aromatic nitrogens is 2. The molecule has 2 saturated heterocycles. The predicted molar refractivity (Wildman–Crippen MR) is 102 cm³/mol. The van der Waals surface area contributed by atoms with E-state index >= 15 is 0 Å². The highest BCUT2D eigenvalue weighted by Gasteiger charge is 2.62. The number of furan rings is 1. The van der Waals surface area contributed by atoms with Gasteiger partial charge in [0.1, 0.15) is 29.4 Å². The Morgan fingerprint density at radius 1 is 1.28 bits per heavy atom. The molecule has 29 heavy (non-hydrogen) atoms. The molecule has 2 aromatic heterocycles. The number of hydrogen-bond donors (Lipinski definition) is 3. The number of aryl methyl sites for hydroxylation is 1. The number of nitrogen functional groups attached to an aromatic ring is 1. The summed E-state index contributed by atoms with van der Waals surface area (Å²) in [6, 6.07) is 7.86. The predicted octanol–water partition coefficient (Wildman–Crippen LogP) is 1.71. The molecule has 1 aromatic carbocycles. The molecule has 0 aliphatic carbocycles. The molecule has 4 heterocycles. The standard InChI is InChI=1S/C20H21N3O6/c1-9-3-5-10(6-4-9)18-28-16-12(7-24)27-15(20(16,2)29-18)11-8-26-14-13(11)22-19(21)23-17(14)25/h3-6,8,12,15-16,18,24H,7H2,1-2H3,(H3,21,22,23,25)/t12-,15+,16-,18?,20+/m1/s1. The Morgan fingerprint density at radius 3 is 2.76 bits per heavy atom. The molecule has 152 valence electrons. The van der Waals surface area contributed by atoms with E-state index in [2.05, 4.69) is 9.97 Å². The first kappa shape index (κ1) is 18.3. The number of benzene rings is 1. The number of nitrogens with one attached hydrogen (secondary N) is 1. The molecule has 0 saturated carbocycles. The van der Waals surface area contributed by atoms with E-state index in [9.17, 15) is 9.90 Å². The van der Waals surface area contributed by atoms with Crippen molar-refractivity contribution in [1.29, 1.82) is 0 Å². The van der Waals surface area contributed by atoms with Gasteiger partial charge in [0.25, 0.3) is 5.56 Å². The number of rotatable bonds is 3. The molecule has 4 N–H and O–H groups in total. The smallest absolute Gasteiger partial charge is 0.295 e. The van der Waals surface area contributed by atoms with Gasteiger partial charge in [0.15, 0.2) is 6.29 Å². The lowest BCUT2D eigenvalue weighted by Crippen LogP contribution is -2.40. The molecule has 9 nitrogen and oxygen atoms in total. The highest BCUT2D eigenvalue weighted by Crippen LogP contribution is 2.54. The first-order valence-electron chi connectivity index (χ1n) is 9.34. The Morgan fingerprint density at radius 2 is 2.03 bits per heavy atom. The number of fused-ring (bicyclic) bond motifs is 2. The number of aromatic amines is 1. The molecule has 0 radical (unpaired) electrons. The van der Waals surface area contributed by atoms with Crippen LogP contribution in [0.1, 0.15) is 36.0 Å². The Bertz CT molecular complexity index is 1120. The summed E-state index contributed by atoms with van der Waals surface area (Å²) in [7, 11) is 0. The van der Waals surface area contributed by atoms with Crippen molar-refractivity contribution in [1.82, 2.24) is 9.97 Å². The van der Waals surface area contributed by atoms with E-state index in [0.29, 0.717) is 11.1 Å². The Hall–Kier alpha value is -2.72. The van der Waals surface area contributed by atoms with Crippen LogP contribution >= 0.6 is 0 Å². The zero-order valence-corrected chi connectivity index (χ0v) is 15.9. The quantitative estimate of drug-likeness (QED) is 0.606. The van der Waals surface area contributed by atoms with Crippen LogP contribution in [-0.4, -0.2) is 39.5 Å². The molecule has 0 bridgehead atoms. The normalized spacial score (nSPS) is 31.4. The van der Waals surface area contributed by atoms with E-state index in [4.69, 9.17) is 24.4 Å². The van der Waals surface area contributed by atoms with Gasteiger partial charge in [0.05, 0.1) is 12.9 Å². The summed E-state index contributed by atoms with van der Waals surface area (Å²) < 4.78 is 24.0. The summed E-state index contributed by atoms with van der Waals surface area (Å²) in [5, 5.41) is 9.86. The third-order valence-electron chi connectivity index (χ3n) is 5.65. The maximum Gasteiger partial charge on any atom is 0.295 e. The molecule has 2 aliphatic rings. The fourth-order valence-corrected chi connectivity index (χ4v) is 4.18. The Kier molecular flexibility index (Phi) is 4.04. The van der Waals surface area contributed by atoms with Crippen molar-refractivity contribution in [2.75, 3.05) is 12.3 Å². The van der Waals surface area contributed by atoms with Crippen molar-refractivity contribution in [2.24, 2.45) is 0 Å². The van der Waals surface area contributed by atoms with Crippen LogP contribution in [0.5, 0.6) is 0 Å². The van der Waals surface area contributed by atoms with Crippen LogP contribution in [-0.2, 0) is 14.2 Å². The van der Waals surface area contributed by atoms with Gasteiger partial charge in [0, 0.05) is 11.1 Å². The van der Waals surface area contributed by atoms with Crippen LogP contribution < -0.4 is 11.3 Å². The maximum atomic E-state index is 12.1. The minimum atomic E-state index is -0.932. The molecule has 5 atom stereocenters. The van der Waals surface area contributed by atoms with E-state index in [1.165, 1.54) is 6.26 Å². The van der Waals surface area contributed by atoms with Gasteiger partial charge in [-0.25, -0.2) is 4.98 Å². The third kappa shape index (κ3) is 2.70. The van der Waals surface area contributed by atoms with Crippen LogP contribution in [0.2, 0.25) is 0 Å². The average Bonchev–Trinajstić information content (AvgIpc) is 3.32. The molecule has 0 spiro atoms. The van der Waals surface area contributed by atoms with Crippen LogP contribution in [0, 0.1) is 6.92 Å². The van der Waals surface area contributed by atoms with Gasteiger partial charge >= 0.3 is 0 Å². The summed E-state index contributed by atoms with van der Waals surface area (Å²) >= 11 is 0. The number of ether oxygens (including phenoxy) is 3. The molecular weight excluding hydrogens is 378 g/mol. The monoisotopic (exact) mass is 399 g/mol. The number of aliphatic hydroxyl groups is 1. The first-order valence-corrected chi connectivity index (χ1v) is 9.34. The fraction of sp³-hybridized carbons (Fsp3) is 0.400. The Labute approximate surface area is 165 Å². The SMILES string of the molecule is Cc1ccc(C2O[C@@H]3[C@@H](CO)O[C@@H](c4coc5c(=O)[nH]c(N)nc45)[C@]3(C)O2)cc1. The number of anilines is 1. The maximum absolute atomic E-state index is 12.1. The topological polar surface area (TPSA) is 133 Å². The van der Waals surface area contributed by atoms with Crippen molar-refractivity contribution in [3.05, 3.63) is 57.6 Å². The van der Waals surface area contributed by atoms with Crippen molar-refractivity contribution in [3.8, 4) is 0 Å². The summed E-state index contributed by atoms with van der Waals surface area (Å²) in [5.41, 5.74) is 7.19. The number of H-pyrrole nitrogens is 1. The van der Waals surface area contributed by atoms with Gasteiger partial charge in [-0.3, -0.25) is 9.78 Å². The van der Waals surface area contributed by atoms with Crippen LogP contribution in [0.25, 0.3) is 11.1 Å². The summed E-state index contributed by atoms with van der Waals surface area (Å²) in [4.78, 5) is 18.7. The lowest BCUT2D eigenvalue weighted by molar-refractivity contribution is -0.157. The molecule has 0 amide bonds. The number of hydrogen-bond acceptors (Lipinski definition) is 8. The lowest BCUT2D eigenvalue weighted by atomic mass is 9.89. The highest BCUT2D eigenvalue weighted by molar-refractivity contribution is 5.77. The number of aliphatic hydroxyl groups excluding tert-OH is 1. The van der Waals surface area contributed by atoms with Gasteiger partial charge in [-0.05, 0) is 13.8 Å². The zero-order valence-electron chi connectivity index (χ0n) is 15.9. The minimum Gasteiger partial charge on any atom is -0.456 e. The minimum absolute atomic E-state index is 0.0234. The second-order valence-corrected chi connectivity index (χ2v) is 7.66. The van der Waals surface area contributed by atoms with Gasteiger partial charge in [-0.1, -0.05) is 29.8 Å². The van der Waals surface area contributed by atoms with Crippen molar-refractivity contribution >= 4 is 17.0 Å². The van der Waals surface area contributed by atoms with Crippen LogP contribution in [0.4, 0.5) is 5.95 Å². The van der Waals surface area contributed by atoms with E-state index in [-0.39, 0.29) is 18.1 Å². The van der Waals surface area contributed by atoms with Gasteiger partial charge < -0.3 is 29.5 Å². The fourth-order valence-electron chi connectivity index (χ4n) is 4.18. The molecule has 2 aliphatic heterocycles. The highest BCUT2D eigenvalue weighted by atomic mass is 16.8. The third-order valence-corrected chi connectivity index (χ3v) is 5.65. The van der Waals surface area contributed by atoms with E-state index in [1.54, 1.807) is 0 Å². The van der Waals surface area contributed by atoms with E-state index < -0.39 is 35.8 Å². The molecule has 3 aromatic rings. The van der Waals surface area contributed by atoms with E-state index in [0.717, 1.165) is 11.1 Å². The van der Waals surface area contributed by atoms with Gasteiger partial charge in [-0.2, -0.15) is 0 Å². The average molecular weight is 399 g/mol. The second kappa shape index (κ2) is 6.39. The van der Waals surface area contributed by atoms with Gasteiger partial charge in [-0.15, -0.1) is 0 Å². The zero-order chi connectivity index (χ0) is 20.3.